The van der Waals surface area contributed by atoms with Gasteiger partial charge in [-0.3, -0.25) is 10.2 Å². The molecule has 1 aromatic rings. The predicted molar refractivity (Wildman–Crippen MR) is 60.2 cm³/mol. The van der Waals surface area contributed by atoms with Crippen molar-refractivity contribution in [2.24, 2.45) is 5.84 Å². The third-order valence-electron chi connectivity index (χ3n) is 2.01. The fourth-order valence-electron chi connectivity index (χ4n) is 1.20. The third-order valence-corrected chi connectivity index (χ3v) is 2.01. The number of hydrazine groups is 1. The molecule has 1 amide bonds. The molecule has 0 unspecified atom stereocenters. The van der Waals surface area contributed by atoms with E-state index in [4.69, 9.17) is 10.00 Å². The first kappa shape index (κ1) is 14.7. The minimum atomic E-state index is -4.14. The van der Waals surface area contributed by atoms with Gasteiger partial charge in [-0.25, -0.2) is 5.84 Å². The quantitative estimate of drug-likeness (QED) is 0.471. The molecule has 8 heteroatoms. The molecule has 0 bridgehead atoms. The number of nitrogens with one attached hydrogen (secondary N) is 1. The van der Waals surface area contributed by atoms with Gasteiger partial charge in [0.2, 0.25) is 0 Å². The van der Waals surface area contributed by atoms with E-state index in [0.717, 1.165) is 6.07 Å². The largest absolute Gasteiger partial charge is 0.490 e. The van der Waals surface area contributed by atoms with Crippen LogP contribution < -0.4 is 20.7 Å². The molecule has 0 saturated carbocycles. The predicted octanol–water partition coefficient (Wildman–Crippen LogP) is 0.918. The van der Waals surface area contributed by atoms with Crippen LogP contribution in [0, 0.1) is 11.3 Å². The summed E-state index contributed by atoms with van der Waals surface area (Å²) in [5.41, 5.74) is 1.50. The number of benzene rings is 1. The van der Waals surface area contributed by atoms with Crippen molar-refractivity contribution in [2.45, 2.75) is 13.0 Å². The van der Waals surface area contributed by atoms with Gasteiger partial charge in [-0.2, -0.15) is 14.0 Å². The van der Waals surface area contributed by atoms with E-state index in [1.54, 1.807) is 6.92 Å². The van der Waals surface area contributed by atoms with Crippen LogP contribution in [0.5, 0.6) is 11.5 Å². The maximum atomic E-state index is 13.3. The Morgan fingerprint density at radius 3 is 2.74 bits per heavy atom. The Morgan fingerprint density at radius 2 is 2.21 bits per heavy atom. The van der Waals surface area contributed by atoms with Crippen molar-refractivity contribution < 1.29 is 23.0 Å². The van der Waals surface area contributed by atoms with Crippen molar-refractivity contribution in [3.63, 3.8) is 0 Å². The van der Waals surface area contributed by atoms with E-state index >= 15 is 0 Å². The van der Waals surface area contributed by atoms with Crippen LogP contribution in [0.25, 0.3) is 0 Å². The lowest BCUT2D eigenvalue weighted by atomic mass is 10.2. The van der Waals surface area contributed by atoms with Gasteiger partial charge in [0.05, 0.1) is 18.2 Å². The first-order valence-corrected chi connectivity index (χ1v) is 5.19. The maximum absolute atomic E-state index is 13.3. The van der Waals surface area contributed by atoms with Crippen LogP contribution in [-0.4, -0.2) is 18.6 Å². The topological polar surface area (TPSA) is 97.4 Å². The first-order chi connectivity index (χ1) is 8.94. The maximum Gasteiger partial charge on any atom is 0.483 e. The molecular formula is C11H11F2N3O3. The molecule has 0 heterocycles. The summed E-state index contributed by atoms with van der Waals surface area (Å²) in [6.45, 7) is 1.81. The molecule has 102 valence electrons. The van der Waals surface area contributed by atoms with Crippen molar-refractivity contribution in [2.75, 3.05) is 6.61 Å². The highest BCUT2D eigenvalue weighted by Gasteiger charge is 2.42. The monoisotopic (exact) mass is 271 g/mol. The van der Waals surface area contributed by atoms with Gasteiger partial charge >= 0.3 is 12.0 Å². The van der Waals surface area contributed by atoms with Gasteiger partial charge in [0.25, 0.3) is 0 Å². The molecule has 0 aliphatic rings. The number of halogens is 2. The van der Waals surface area contributed by atoms with E-state index in [0.29, 0.717) is 0 Å². The lowest BCUT2D eigenvalue weighted by Gasteiger charge is -2.18. The normalized spacial score (nSPS) is 10.5. The fraction of sp³-hybridized carbons (Fsp3) is 0.273. The molecule has 0 fully saturated rings. The molecular weight excluding hydrogens is 260 g/mol. The van der Waals surface area contributed by atoms with Gasteiger partial charge in [0, 0.05) is 6.07 Å². The van der Waals surface area contributed by atoms with Gasteiger partial charge in [-0.15, -0.1) is 0 Å². The van der Waals surface area contributed by atoms with Crippen molar-refractivity contribution in [3.8, 4) is 17.6 Å². The molecule has 0 spiro atoms. The molecule has 0 aliphatic heterocycles. The standard InChI is InChI=1S/C11H11F2N3O3/c1-2-18-9-5-7(6-14)3-4-8(9)19-11(12,13)10(17)16-15/h3-5H,2,15H2,1H3,(H,16,17). The molecule has 0 atom stereocenters. The molecule has 0 aromatic heterocycles. The molecule has 1 rings (SSSR count). The molecule has 0 saturated heterocycles. The highest BCUT2D eigenvalue weighted by Crippen LogP contribution is 2.32. The molecule has 6 nitrogen and oxygen atoms in total. The highest BCUT2D eigenvalue weighted by atomic mass is 19.3. The number of nitrogens with zero attached hydrogens (tertiary/aromatic N) is 1. The average Bonchev–Trinajstić information content (AvgIpc) is 2.39. The van der Waals surface area contributed by atoms with E-state index in [1.807, 2.05) is 6.07 Å². The van der Waals surface area contributed by atoms with Gasteiger partial charge < -0.3 is 9.47 Å². The van der Waals surface area contributed by atoms with E-state index in [-0.39, 0.29) is 23.7 Å². The summed E-state index contributed by atoms with van der Waals surface area (Å²) in [5, 5.41) is 8.70. The summed E-state index contributed by atoms with van der Waals surface area (Å²) in [7, 11) is 0. The van der Waals surface area contributed by atoms with Gasteiger partial charge in [-0.1, -0.05) is 0 Å². The van der Waals surface area contributed by atoms with E-state index in [2.05, 4.69) is 10.6 Å². The van der Waals surface area contributed by atoms with Crippen molar-refractivity contribution in [1.82, 2.24) is 5.43 Å². The van der Waals surface area contributed by atoms with Crippen LogP contribution in [-0.2, 0) is 4.79 Å². The number of carbonyl (C=O) groups is 1. The number of rotatable bonds is 5. The summed E-state index contributed by atoms with van der Waals surface area (Å²) in [6.07, 6.45) is -4.14. The van der Waals surface area contributed by atoms with Crippen molar-refractivity contribution >= 4 is 5.91 Å². The zero-order valence-corrected chi connectivity index (χ0v) is 9.94. The number of hydrogen-bond acceptors (Lipinski definition) is 5. The Kier molecular flexibility index (Phi) is 4.61. The number of hydrogen-bond donors (Lipinski definition) is 2. The number of ether oxygens (including phenoxy) is 2. The third kappa shape index (κ3) is 3.53. The van der Waals surface area contributed by atoms with Crippen LogP contribution in [0.4, 0.5) is 8.78 Å². The van der Waals surface area contributed by atoms with Crippen LogP contribution in [0.3, 0.4) is 0 Å². The van der Waals surface area contributed by atoms with Crippen LogP contribution in [0.1, 0.15) is 12.5 Å². The lowest BCUT2D eigenvalue weighted by Crippen LogP contribution is -2.47. The number of amides is 1. The van der Waals surface area contributed by atoms with Crippen molar-refractivity contribution in [1.29, 1.82) is 5.26 Å². The minimum absolute atomic E-state index is 0.0638. The molecule has 19 heavy (non-hydrogen) atoms. The van der Waals surface area contributed by atoms with Gasteiger partial charge in [0.15, 0.2) is 11.5 Å². The van der Waals surface area contributed by atoms with Gasteiger partial charge in [0.1, 0.15) is 0 Å². The smallest absolute Gasteiger partial charge is 0.483 e. The summed E-state index contributed by atoms with van der Waals surface area (Å²) >= 11 is 0. The summed E-state index contributed by atoms with van der Waals surface area (Å²) in [6, 6.07) is 5.43. The zero-order valence-electron chi connectivity index (χ0n) is 9.94. The SMILES string of the molecule is CCOc1cc(C#N)ccc1OC(F)(F)C(=O)NN. The average molecular weight is 271 g/mol. The van der Waals surface area contributed by atoms with Crippen LogP contribution in [0.15, 0.2) is 18.2 Å². The second-order valence-corrected chi connectivity index (χ2v) is 3.30. The van der Waals surface area contributed by atoms with Crippen molar-refractivity contribution in [3.05, 3.63) is 23.8 Å². The Balaban J connectivity index is 3.07. The summed E-state index contributed by atoms with van der Waals surface area (Å²) < 4.78 is 35.9. The summed E-state index contributed by atoms with van der Waals surface area (Å²) in [4.78, 5) is 10.8. The van der Waals surface area contributed by atoms with Crippen LogP contribution in [0.2, 0.25) is 0 Å². The van der Waals surface area contributed by atoms with Gasteiger partial charge in [-0.05, 0) is 19.1 Å². The molecule has 3 N–H and O–H groups in total. The highest BCUT2D eigenvalue weighted by molar-refractivity contribution is 5.81. The lowest BCUT2D eigenvalue weighted by molar-refractivity contribution is -0.193. The number of alkyl halides is 2. The van der Waals surface area contributed by atoms with E-state index in [1.165, 1.54) is 17.6 Å². The molecule has 0 aliphatic carbocycles. The van der Waals surface area contributed by atoms with E-state index in [9.17, 15) is 13.6 Å². The van der Waals surface area contributed by atoms with E-state index < -0.39 is 12.0 Å². The zero-order chi connectivity index (χ0) is 14.5. The number of nitriles is 1. The van der Waals surface area contributed by atoms with Crippen LogP contribution >= 0.6 is 0 Å². The Hall–Kier alpha value is -2.40. The number of nitrogens with two attached hydrogens (primary N) is 1. The summed E-state index contributed by atoms with van der Waals surface area (Å²) in [5.74, 6) is 2.40. The second kappa shape index (κ2) is 5.97. The molecule has 1 aromatic carbocycles. The minimum Gasteiger partial charge on any atom is -0.490 e. The molecule has 0 radical (unpaired) electrons. The Bertz CT molecular complexity index is 514. The Labute approximate surface area is 107 Å². The second-order valence-electron chi connectivity index (χ2n) is 3.30. The fourth-order valence-corrected chi connectivity index (χ4v) is 1.20. The number of carbonyl (C=O) groups excluding carboxylic acids is 1. The Morgan fingerprint density at radius 1 is 1.53 bits per heavy atom. The first-order valence-electron chi connectivity index (χ1n) is 5.19.